The fraction of sp³-hybridized carbons (Fsp3) is 0.588. The van der Waals surface area contributed by atoms with Crippen LogP contribution < -0.4 is 9.47 Å². The third-order valence-corrected chi connectivity index (χ3v) is 6.32. The molecule has 3 aliphatic rings. The summed E-state index contributed by atoms with van der Waals surface area (Å²) in [5, 5.41) is 1.41. The minimum atomic E-state index is 0.202. The first-order chi connectivity index (χ1) is 10.3. The Labute approximate surface area is 129 Å². The fourth-order valence-corrected chi connectivity index (χ4v) is 5.40. The minimum Gasteiger partial charge on any atom is -0.490 e. The Morgan fingerprint density at radius 3 is 2.52 bits per heavy atom. The topological polar surface area (TPSA) is 35.5 Å². The van der Waals surface area contributed by atoms with Crippen molar-refractivity contribution in [2.24, 2.45) is 5.92 Å². The van der Waals surface area contributed by atoms with Gasteiger partial charge in [-0.2, -0.15) is 11.8 Å². The predicted octanol–water partition coefficient (Wildman–Crippen LogP) is 3.70. The smallest absolute Gasteiger partial charge is 0.166 e. The van der Waals surface area contributed by atoms with Crippen LogP contribution >= 0.6 is 11.8 Å². The third-order valence-electron chi connectivity index (χ3n) is 4.69. The van der Waals surface area contributed by atoms with E-state index in [2.05, 4.69) is 11.8 Å². The van der Waals surface area contributed by atoms with Crippen LogP contribution in [0.25, 0.3) is 0 Å². The molecule has 0 aromatic heterocycles. The largest absolute Gasteiger partial charge is 0.490 e. The molecular weight excluding hydrogens is 284 g/mol. The first-order valence-corrected chi connectivity index (χ1v) is 8.83. The van der Waals surface area contributed by atoms with Gasteiger partial charge in [-0.15, -0.1) is 0 Å². The van der Waals surface area contributed by atoms with E-state index in [1.807, 2.05) is 18.2 Å². The summed E-state index contributed by atoms with van der Waals surface area (Å²) in [7, 11) is 0. The molecule has 2 bridgehead atoms. The molecule has 2 fully saturated rings. The highest BCUT2D eigenvalue weighted by atomic mass is 32.2. The molecule has 4 rings (SSSR count). The van der Waals surface area contributed by atoms with E-state index in [-0.39, 0.29) is 5.92 Å². The van der Waals surface area contributed by atoms with Crippen molar-refractivity contribution in [3.05, 3.63) is 23.8 Å². The average molecular weight is 304 g/mol. The number of Topliss-reactive ketones (excluding diaryl/α,β-unsaturated/α-hetero) is 1. The van der Waals surface area contributed by atoms with Gasteiger partial charge in [0, 0.05) is 28.4 Å². The Kier molecular flexibility index (Phi) is 3.57. The molecule has 4 heteroatoms. The minimum absolute atomic E-state index is 0.202. The van der Waals surface area contributed by atoms with Crippen molar-refractivity contribution in [3.63, 3.8) is 0 Å². The van der Waals surface area contributed by atoms with Gasteiger partial charge in [0.25, 0.3) is 0 Å². The number of fused-ring (bicyclic) bond motifs is 3. The predicted molar refractivity (Wildman–Crippen MR) is 83.5 cm³/mol. The number of ether oxygens (including phenoxy) is 2. The number of hydrogen-bond acceptors (Lipinski definition) is 4. The standard InChI is InChI=1S/C17H20O3S/c18-17(12-8-13-3-4-14(9-12)21-13)11-2-5-15-16(10-11)20-7-1-6-19-15/h2,5,10,12-14H,1,3-4,6-9H2. The van der Waals surface area contributed by atoms with Gasteiger partial charge >= 0.3 is 0 Å². The van der Waals surface area contributed by atoms with Crippen LogP contribution in [0.3, 0.4) is 0 Å². The molecule has 112 valence electrons. The zero-order chi connectivity index (χ0) is 14.2. The quantitative estimate of drug-likeness (QED) is 0.780. The molecule has 3 nitrogen and oxygen atoms in total. The number of hydrogen-bond donors (Lipinski definition) is 0. The Morgan fingerprint density at radius 2 is 1.76 bits per heavy atom. The molecule has 2 saturated heterocycles. The summed E-state index contributed by atoms with van der Waals surface area (Å²) in [5.74, 6) is 1.99. The Hall–Kier alpha value is -1.16. The molecule has 1 aromatic rings. The number of ketones is 1. The summed E-state index contributed by atoms with van der Waals surface area (Å²) in [6.45, 7) is 1.35. The van der Waals surface area contributed by atoms with Gasteiger partial charge < -0.3 is 9.47 Å². The molecule has 0 spiro atoms. The van der Waals surface area contributed by atoms with Crippen molar-refractivity contribution in [2.45, 2.75) is 42.6 Å². The second kappa shape index (κ2) is 5.56. The number of benzene rings is 1. The molecule has 0 saturated carbocycles. The van der Waals surface area contributed by atoms with E-state index in [1.165, 1.54) is 12.8 Å². The summed E-state index contributed by atoms with van der Waals surface area (Å²) in [4.78, 5) is 12.8. The second-order valence-electron chi connectivity index (χ2n) is 6.20. The Morgan fingerprint density at radius 1 is 1.05 bits per heavy atom. The number of rotatable bonds is 2. The Balaban J connectivity index is 1.55. The normalized spacial score (nSPS) is 30.8. The molecule has 3 heterocycles. The highest BCUT2D eigenvalue weighted by molar-refractivity contribution is 8.00. The molecule has 1 aromatic carbocycles. The molecule has 0 amide bonds. The van der Waals surface area contributed by atoms with Gasteiger partial charge in [0.2, 0.25) is 0 Å². The number of carbonyl (C=O) groups is 1. The lowest BCUT2D eigenvalue weighted by Crippen LogP contribution is -2.24. The summed E-state index contributed by atoms with van der Waals surface area (Å²) in [6.07, 6.45) is 5.57. The van der Waals surface area contributed by atoms with Crippen molar-refractivity contribution in [1.29, 1.82) is 0 Å². The maximum absolute atomic E-state index is 12.8. The van der Waals surface area contributed by atoms with Gasteiger partial charge in [0.15, 0.2) is 17.3 Å². The number of thioether (sulfide) groups is 1. The molecule has 0 aliphatic carbocycles. The van der Waals surface area contributed by atoms with Crippen LogP contribution in [-0.2, 0) is 0 Å². The first kappa shape index (κ1) is 13.5. The molecule has 0 radical (unpaired) electrons. The van der Waals surface area contributed by atoms with Crippen molar-refractivity contribution in [2.75, 3.05) is 13.2 Å². The van der Waals surface area contributed by atoms with E-state index >= 15 is 0 Å². The highest BCUT2D eigenvalue weighted by Gasteiger charge is 2.38. The van der Waals surface area contributed by atoms with E-state index < -0.39 is 0 Å². The van der Waals surface area contributed by atoms with Gasteiger partial charge in [-0.25, -0.2) is 0 Å². The van der Waals surface area contributed by atoms with Gasteiger partial charge in [-0.1, -0.05) is 0 Å². The van der Waals surface area contributed by atoms with Crippen LogP contribution in [0, 0.1) is 5.92 Å². The van der Waals surface area contributed by atoms with E-state index in [0.717, 1.165) is 36.3 Å². The van der Waals surface area contributed by atoms with Crippen LogP contribution in [0.4, 0.5) is 0 Å². The molecular formula is C17H20O3S. The molecule has 2 atom stereocenters. The lowest BCUT2D eigenvalue weighted by Gasteiger charge is -2.26. The lowest BCUT2D eigenvalue weighted by atomic mass is 9.90. The van der Waals surface area contributed by atoms with Gasteiger partial charge in [0.1, 0.15) is 0 Å². The molecule has 3 aliphatic heterocycles. The van der Waals surface area contributed by atoms with Crippen LogP contribution in [0.15, 0.2) is 18.2 Å². The van der Waals surface area contributed by atoms with Crippen LogP contribution in [0.5, 0.6) is 11.5 Å². The summed E-state index contributed by atoms with van der Waals surface area (Å²) < 4.78 is 11.3. The van der Waals surface area contributed by atoms with E-state index in [9.17, 15) is 4.79 Å². The third kappa shape index (κ3) is 2.66. The maximum atomic E-state index is 12.8. The van der Waals surface area contributed by atoms with Crippen molar-refractivity contribution in [3.8, 4) is 11.5 Å². The molecule has 21 heavy (non-hydrogen) atoms. The monoisotopic (exact) mass is 304 g/mol. The average Bonchev–Trinajstić information content (AvgIpc) is 2.73. The SMILES string of the molecule is O=C(c1ccc2c(c1)OCCCO2)C1CC2CCC(C1)S2. The van der Waals surface area contributed by atoms with E-state index in [1.54, 1.807) is 0 Å². The van der Waals surface area contributed by atoms with Crippen molar-refractivity contribution >= 4 is 17.5 Å². The van der Waals surface area contributed by atoms with Crippen LogP contribution in [0.2, 0.25) is 0 Å². The maximum Gasteiger partial charge on any atom is 0.166 e. The summed E-state index contributed by atoms with van der Waals surface area (Å²) in [5.41, 5.74) is 0.788. The van der Waals surface area contributed by atoms with Gasteiger partial charge in [-0.05, 0) is 43.9 Å². The zero-order valence-corrected chi connectivity index (χ0v) is 12.9. The summed E-state index contributed by atoms with van der Waals surface area (Å²) >= 11 is 2.10. The van der Waals surface area contributed by atoms with Gasteiger partial charge in [0.05, 0.1) is 13.2 Å². The number of carbonyl (C=O) groups excluding carboxylic acids is 1. The second-order valence-corrected chi connectivity index (χ2v) is 7.81. The van der Waals surface area contributed by atoms with Crippen LogP contribution in [-0.4, -0.2) is 29.5 Å². The van der Waals surface area contributed by atoms with E-state index in [4.69, 9.17) is 9.47 Å². The van der Waals surface area contributed by atoms with Crippen molar-refractivity contribution < 1.29 is 14.3 Å². The van der Waals surface area contributed by atoms with E-state index in [0.29, 0.717) is 29.5 Å². The summed E-state index contributed by atoms with van der Waals surface area (Å²) in [6, 6.07) is 5.67. The molecule has 2 unspecified atom stereocenters. The van der Waals surface area contributed by atoms with Gasteiger partial charge in [-0.3, -0.25) is 4.79 Å². The Bertz CT molecular complexity index is 545. The first-order valence-electron chi connectivity index (χ1n) is 7.89. The highest BCUT2D eigenvalue weighted by Crippen LogP contribution is 2.46. The molecule has 0 N–H and O–H groups in total. The zero-order valence-electron chi connectivity index (χ0n) is 12.0. The lowest BCUT2D eigenvalue weighted by molar-refractivity contribution is 0.0906. The van der Waals surface area contributed by atoms with Crippen molar-refractivity contribution in [1.82, 2.24) is 0 Å². The van der Waals surface area contributed by atoms with Crippen LogP contribution in [0.1, 0.15) is 42.5 Å². The fourth-order valence-electron chi connectivity index (χ4n) is 3.62.